The van der Waals surface area contributed by atoms with Gasteiger partial charge in [-0.2, -0.15) is 0 Å². The first-order chi connectivity index (χ1) is 8.52. The van der Waals surface area contributed by atoms with Crippen LogP contribution >= 0.6 is 11.6 Å². The number of carbonyl (C=O) groups excluding carboxylic acids is 1. The van der Waals surface area contributed by atoms with Crippen LogP contribution in [-0.4, -0.2) is 53.4 Å². The monoisotopic (exact) mass is 271 g/mol. The number of benzene rings is 1. The van der Waals surface area contributed by atoms with Crippen LogP contribution in [0.15, 0.2) is 18.2 Å². The van der Waals surface area contributed by atoms with Crippen LogP contribution in [0.4, 0.5) is 0 Å². The molecule has 1 heterocycles. The number of ether oxygens (including phenoxy) is 1. The van der Waals surface area contributed by atoms with Crippen molar-refractivity contribution in [1.82, 2.24) is 4.90 Å². The van der Waals surface area contributed by atoms with Crippen LogP contribution in [0.1, 0.15) is 10.4 Å². The van der Waals surface area contributed by atoms with Crippen LogP contribution in [0.3, 0.4) is 0 Å². The van der Waals surface area contributed by atoms with Crippen molar-refractivity contribution in [3.63, 3.8) is 0 Å². The Morgan fingerprint density at radius 1 is 1.39 bits per heavy atom. The van der Waals surface area contributed by atoms with Gasteiger partial charge < -0.3 is 19.8 Å². The van der Waals surface area contributed by atoms with Gasteiger partial charge in [-0.15, -0.1) is 0 Å². The van der Waals surface area contributed by atoms with Gasteiger partial charge in [-0.05, 0) is 18.2 Å². The number of aliphatic hydroxyl groups excluding tert-OH is 2. The zero-order valence-corrected chi connectivity index (χ0v) is 10.6. The van der Waals surface area contributed by atoms with E-state index < -0.39 is 12.2 Å². The summed E-state index contributed by atoms with van der Waals surface area (Å²) in [6.07, 6.45) is -1.79. The highest BCUT2D eigenvalue weighted by Gasteiger charge is 2.33. The van der Waals surface area contributed by atoms with Crippen LogP contribution in [0.2, 0.25) is 5.02 Å². The lowest BCUT2D eigenvalue weighted by atomic mass is 10.1. The van der Waals surface area contributed by atoms with E-state index in [1.807, 2.05) is 0 Å². The molecule has 1 fully saturated rings. The highest BCUT2D eigenvalue weighted by molar-refractivity contribution is 6.30. The maximum Gasteiger partial charge on any atom is 0.257 e. The lowest BCUT2D eigenvalue weighted by Gasteiger charge is -2.17. The van der Waals surface area contributed by atoms with Gasteiger partial charge in [0, 0.05) is 18.1 Å². The summed E-state index contributed by atoms with van der Waals surface area (Å²) in [5.41, 5.74) is 0.364. The van der Waals surface area contributed by atoms with E-state index >= 15 is 0 Å². The number of methoxy groups -OCH3 is 1. The molecule has 1 aromatic rings. The van der Waals surface area contributed by atoms with Crippen molar-refractivity contribution in [1.29, 1.82) is 0 Å². The summed E-state index contributed by atoms with van der Waals surface area (Å²) in [6.45, 7) is 0.234. The zero-order valence-electron chi connectivity index (χ0n) is 9.84. The Morgan fingerprint density at radius 3 is 2.56 bits per heavy atom. The number of aliphatic hydroxyl groups is 2. The molecule has 1 saturated heterocycles. The average Bonchev–Trinajstić information content (AvgIpc) is 2.68. The van der Waals surface area contributed by atoms with Crippen molar-refractivity contribution in [3.8, 4) is 5.75 Å². The summed E-state index contributed by atoms with van der Waals surface area (Å²) >= 11 is 5.82. The van der Waals surface area contributed by atoms with E-state index in [0.29, 0.717) is 16.3 Å². The minimum absolute atomic E-state index is 0.117. The minimum Gasteiger partial charge on any atom is -0.496 e. The van der Waals surface area contributed by atoms with Gasteiger partial charge in [0.1, 0.15) is 5.75 Å². The van der Waals surface area contributed by atoms with Crippen LogP contribution in [0, 0.1) is 0 Å². The SMILES string of the molecule is COc1cc(Cl)ccc1C(=O)N1C[C@@H](O)[C@@H](O)C1. The Balaban J connectivity index is 2.24. The van der Waals surface area contributed by atoms with E-state index in [2.05, 4.69) is 0 Å². The highest BCUT2D eigenvalue weighted by atomic mass is 35.5. The molecule has 5 nitrogen and oxygen atoms in total. The Bertz CT molecular complexity index is 455. The molecule has 2 rings (SSSR count). The predicted octanol–water partition coefficient (Wildman–Crippen LogP) is 0.526. The van der Waals surface area contributed by atoms with E-state index in [-0.39, 0.29) is 19.0 Å². The summed E-state index contributed by atoms with van der Waals surface area (Å²) in [7, 11) is 1.45. The summed E-state index contributed by atoms with van der Waals surface area (Å²) < 4.78 is 5.10. The number of carbonyl (C=O) groups is 1. The lowest BCUT2D eigenvalue weighted by molar-refractivity contribution is 0.0572. The Kier molecular flexibility index (Phi) is 3.75. The molecular formula is C12H14ClNO4. The number of β-amino-alcohol motifs (C(OH)–C–C–N with tert-alkyl or cyclic N) is 2. The number of amides is 1. The number of hydrogen-bond acceptors (Lipinski definition) is 4. The molecule has 1 aromatic carbocycles. The fourth-order valence-electron chi connectivity index (χ4n) is 1.95. The molecule has 0 saturated carbocycles. The summed E-state index contributed by atoms with van der Waals surface area (Å²) in [4.78, 5) is 13.6. The molecule has 98 valence electrons. The van der Waals surface area contributed by atoms with Gasteiger partial charge in [-0.3, -0.25) is 4.79 Å². The first-order valence-corrected chi connectivity index (χ1v) is 5.89. The molecule has 0 radical (unpaired) electrons. The van der Waals surface area contributed by atoms with Crippen LogP contribution in [-0.2, 0) is 0 Å². The first-order valence-electron chi connectivity index (χ1n) is 5.52. The average molecular weight is 272 g/mol. The Morgan fingerprint density at radius 2 is 2.00 bits per heavy atom. The van der Waals surface area contributed by atoms with Crippen molar-refractivity contribution >= 4 is 17.5 Å². The molecule has 1 aliphatic rings. The summed E-state index contributed by atoms with van der Waals surface area (Å²) in [5, 5.41) is 19.4. The second kappa shape index (κ2) is 5.14. The molecule has 0 aromatic heterocycles. The quantitative estimate of drug-likeness (QED) is 0.823. The fourth-order valence-corrected chi connectivity index (χ4v) is 2.11. The third-order valence-corrected chi connectivity index (χ3v) is 3.18. The van der Waals surface area contributed by atoms with Gasteiger partial charge in [0.15, 0.2) is 0 Å². The second-order valence-electron chi connectivity index (χ2n) is 4.19. The molecule has 2 N–H and O–H groups in total. The molecule has 6 heteroatoms. The van der Waals surface area contributed by atoms with Crippen molar-refractivity contribution in [2.75, 3.05) is 20.2 Å². The van der Waals surface area contributed by atoms with Gasteiger partial charge in [0.05, 0.1) is 24.9 Å². The standard InChI is InChI=1S/C12H14ClNO4/c1-18-11-4-7(13)2-3-8(11)12(17)14-5-9(15)10(16)6-14/h2-4,9-10,15-16H,5-6H2,1H3/t9-,10+. The van der Waals surface area contributed by atoms with Gasteiger partial charge >= 0.3 is 0 Å². The van der Waals surface area contributed by atoms with Crippen molar-refractivity contribution in [3.05, 3.63) is 28.8 Å². The molecule has 0 spiro atoms. The first kappa shape index (κ1) is 13.1. The third kappa shape index (κ3) is 2.43. The number of hydrogen-bond donors (Lipinski definition) is 2. The number of likely N-dealkylation sites (tertiary alicyclic amines) is 1. The van der Waals surface area contributed by atoms with Crippen molar-refractivity contribution < 1.29 is 19.7 Å². The Hall–Kier alpha value is -1.30. The van der Waals surface area contributed by atoms with Gasteiger partial charge in [0.25, 0.3) is 5.91 Å². The molecule has 0 aliphatic carbocycles. The number of halogens is 1. The summed E-state index contributed by atoms with van der Waals surface area (Å²) in [5.74, 6) is 0.0856. The topological polar surface area (TPSA) is 70.0 Å². The molecule has 0 bridgehead atoms. The van der Waals surface area contributed by atoms with Crippen LogP contribution < -0.4 is 4.74 Å². The van der Waals surface area contributed by atoms with Crippen LogP contribution in [0.25, 0.3) is 0 Å². The van der Waals surface area contributed by atoms with Crippen LogP contribution in [0.5, 0.6) is 5.75 Å². The van der Waals surface area contributed by atoms with E-state index in [1.165, 1.54) is 12.0 Å². The number of rotatable bonds is 2. The van der Waals surface area contributed by atoms with E-state index in [4.69, 9.17) is 16.3 Å². The second-order valence-corrected chi connectivity index (χ2v) is 4.63. The van der Waals surface area contributed by atoms with Gasteiger partial charge in [-0.25, -0.2) is 0 Å². The number of nitrogens with zero attached hydrogens (tertiary/aromatic N) is 1. The van der Waals surface area contributed by atoms with Gasteiger partial charge in [-0.1, -0.05) is 11.6 Å². The smallest absolute Gasteiger partial charge is 0.257 e. The lowest BCUT2D eigenvalue weighted by Crippen LogP contribution is -2.30. The largest absolute Gasteiger partial charge is 0.496 e. The van der Waals surface area contributed by atoms with E-state index in [1.54, 1.807) is 18.2 Å². The third-order valence-electron chi connectivity index (χ3n) is 2.94. The molecule has 1 amide bonds. The molecule has 18 heavy (non-hydrogen) atoms. The molecule has 0 unspecified atom stereocenters. The highest BCUT2D eigenvalue weighted by Crippen LogP contribution is 2.25. The zero-order chi connectivity index (χ0) is 13.3. The molecule has 1 aliphatic heterocycles. The Labute approximate surface area is 110 Å². The maximum atomic E-state index is 12.2. The normalized spacial score (nSPS) is 23.2. The minimum atomic E-state index is -0.896. The maximum absolute atomic E-state index is 12.2. The van der Waals surface area contributed by atoms with E-state index in [0.717, 1.165) is 0 Å². The fraction of sp³-hybridized carbons (Fsp3) is 0.417. The van der Waals surface area contributed by atoms with Crippen molar-refractivity contribution in [2.45, 2.75) is 12.2 Å². The van der Waals surface area contributed by atoms with Crippen molar-refractivity contribution in [2.24, 2.45) is 0 Å². The van der Waals surface area contributed by atoms with E-state index in [9.17, 15) is 15.0 Å². The molecular weight excluding hydrogens is 258 g/mol. The predicted molar refractivity (Wildman–Crippen MR) is 65.9 cm³/mol. The summed E-state index contributed by atoms with van der Waals surface area (Å²) in [6, 6.07) is 4.72. The molecule has 2 atom stereocenters. The van der Waals surface area contributed by atoms with Gasteiger partial charge in [0.2, 0.25) is 0 Å².